The van der Waals surface area contributed by atoms with Crippen LogP contribution in [-0.2, 0) is 0 Å². The van der Waals surface area contributed by atoms with Crippen LogP contribution in [0.15, 0.2) is 47.9 Å². The molecule has 1 fully saturated rings. The lowest BCUT2D eigenvalue weighted by Gasteiger charge is -2.13. The lowest BCUT2D eigenvalue weighted by atomic mass is 9.93. The summed E-state index contributed by atoms with van der Waals surface area (Å²) in [4.78, 5) is 1.15. The van der Waals surface area contributed by atoms with Gasteiger partial charge < -0.3 is 0 Å². The zero-order chi connectivity index (χ0) is 7.84. The molecule has 11 heavy (non-hydrogen) atoms. The van der Waals surface area contributed by atoms with Crippen molar-refractivity contribution < 1.29 is 0 Å². The van der Waals surface area contributed by atoms with E-state index in [1.165, 1.54) is 5.57 Å². The molecule has 2 atom stereocenters. The summed E-state index contributed by atoms with van der Waals surface area (Å²) in [7, 11) is 0. The van der Waals surface area contributed by atoms with Gasteiger partial charge in [-0.1, -0.05) is 37.5 Å². The highest BCUT2D eigenvalue weighted by Gasteiger charge is 2.30. The SMILES string of the molecule is C=C1S[C@@H]2C=CC=CC2C1=C. The van der Waals surface area contributed by atoms with Crippen LogP contribution < -0.4 is 0 Å². The fourth-order valence-electron chi connectivity index (χ4n) is 1.44. The van der Waals surface area contributed by atoms with Gasteiger partial charge in [0.25, 0.3) is 0 Å². The van der Waals surface area contributed by atoms with Crippen molar-refractivity contribution in [2.45, 2.75) is 5.25 Å². The molecule has 0 saturated carbocycles. The van der Waals surface area contributed by atoms with Gasteiger partial charge in [-0.15, -0.1) is 11.8 Å². The average molecular weight is 162 g/mol. The molecule has 0 aromatic rings. The van der Waals surface area contributed by atoms with Crippen molar-refractivity contribution in [3.63, 3.8) is 0 Å². The lowest BCUT2D eigenvalue weighted by molar-refractivity contribution is 0.827. The summed E-state index contributed by atoms with van der Waals surface area (Å²) in [6.45, 7) is 7.97. The zero-order valence-electron chi connectivity index (χ0n) is 6.29. The smallest absolute Gasteiger partial charge is 0.0381 e. The zero-order valence-corrected chi connectivity index (χ0v) is 7.10. The van der Waals surface area contributed by atoms with Crippen molar-refractivity contribution in [1.82, 2.24) is 0 Å². The minimum atomic E-state index is 0.512. The monoisotopic (exact) mass is 162 g/mol. The molecule has 0 spiro atoms. The van der Waals surface area contributed by atoms with E-state index in [9.17, 15) is 0 Å². The third kappa shape index (κ3) is 1.000. The molecule has 1 aliphatic heterocycles. The number of fused-ring (bicyclic) bond motifs is 1. The fourth-order valence-corrected chi connectivity index (χ4v) is 2.63. The average Bonchev–Trinajstić information content (AvgIpc) is 2.30. The van der Waals surface area contributed by atoms with E-state index in [1.807, 2.05) is 11.8 Å². The van der Waals surface area contributed by atoms with Crippen LogP contribution in [0.25, 0.3) is 0 Å². The van der Waals surface area contributed by atoms with E-state index in [4.69, 9.17) is 0 Å². The normalized spacial score (nSPS) is 34.5. The first-order valence-corrected chi connectivity index (χ1v) is 4.57. The molecule has 0 aromatic carbocycles. The minimum absolute atomic E-state index is 0.512. The van der Waals surface area contributed by atoms with E-state index in [-0.39, 0.29) is 0 Å². The molecule has 1 aliphatic carbocycles. The second kappa shape index (κ2) is 2.42. The summed E-state index contributed by atoms with van der Waals surface area (Å²) >= 11 is 1.83. The molecule has 0 N–H and O–H groups in total. The molecule has 0 bridgehead atoms. The molecular weight excluding hydrogens is 152 g/mol. The molecular formula is C10H10S. The molecule has 2 rings (SSSR count). The van der Waals surface area contributed by atoms with Gasteiger partial charge in [-0.2, -0.15) is 0 Å². The van der Waals surface area contributed by atoms with Gasteiger partial charge in [0.15, 0.2) is 0 Å². The van der Waals surface area contributed by atoms with Crippen LogP contribution in [0.4, 0.5) is 0 Å². The lowest BCUT2D eigenvalue weighted by Crippen LogP contribution is -2.08. The van der Waals surface area contributed by atoms with Crippen LogP contribution in [0.2, 0.25) is 0 Å². The Morgan fingerprint density at radius 3 is 2.64 bits per heavy atom. The summed E-state index contributed by atoms with van der Waals surface area (Å²) in [6, 6.07) is 0. The van der Waals surface area contributed by atoms with Gasteiger partial charge in [0, 0.05) is 16.1 Å². The van der Waals surface area contributed by atoms with Crippen LogP contribution in [-0.4, -0.2) is 5.25 Å². The van der Waals surface area contributed by atoms with Gasteiger partial charge in [-0.3, -0.25) is 0 Å². The van der Waals surface area contributed by atoms with E-state index >= 15 is 0 Å². The van der Waals surface area contributed by atoms with E-state index in [1.54, 1.807) is 0 Å². The van der Waals surface area contributed by atoms with E-state index in [0.29, 0.717) is 11.2 Å². The van der Waals surface area contributed by atoms with Gasteiger partial charge in [0.2, 0.25) is 0 Å². The van der Waals surface area contributed by atoms with Crippen LogP contribution in [0.3, 0.4) is 0 Å². The predicted octanol–water partition coefficient (Wildman–Crippen LogP) is 2.91. The van der Waals surface area contributed by atoms with E-state index < -0.39 is 0 Å². The maximum atomic E-state index is 4.01. The third-order valence-corrected chi connectivity index (χ3v) is 3.39. The predicted molar refractivity (Wildman–Crippen MR) is 51.4 cm³/mol. The number of allylic oxidation sites excluding steroid dienone is 4. The summed E-state index contributed by atoms with van der Waals surface area (Å²) in [6.07, 6.45) is 8.61. The largest absolute Gasteiger partial charge is 0.118 e. The molecule has 0 radical (unpaired) electrons. The summed E-state index contributed by atoms with van der Waals surface area (Å²) in [5.41, 5.74) is 1.20. The standard InChI is InChI=1S/C10H10S/c1-7-8(2)11-10-6-4-3-5-9(7)10/h3-6,9-10H,1-2H2/t9?,10-/m1/s1. The van der Waals surface area contributed by atoms with Crippen molar-refractivity contribution >= 4 is 11.8 Å². The molecule has 1 unspecified atom stereocenters. The van der Waals surface area contributed by atoms with E-state index in [0.717, 1.165) is 4.91 Å². The van der Waals surface area contributed by atoms with Gasteiger partial charge >= 0.3 is 0 Å². The van der Waals surface area contributed by atoms with Gasteiger partial charge in [0.1, 0.15) is 0 Å². The van der Waals surface area contributed by atoms with Crippen LogP contribution in [0.5, 0.6) is 0 Å². The topological polar surface area (TPSA) is 0 Å². The van der Waals surface area contributed by atoms with Crippen LogP contribution >= 0.6 is 11.8 Å². The first-order chi connectivity index (χ1) is 5.29. The van der Waals surface area contributed by atoms with Gasteiger partial charge in [0.05, 0.1) is 0 Å². The Balaban J connectivity index is 2.34. The number of rotatable bonds is 0. The first kappa shape index (κ1) is 6.99. The summed E-state index contributed by atoms with van der Waals surface area (Å²) in [5.74, 6) is 0.512. The van der Waals surface area contributed by atoms with Crippen molar-refractivity contribution in [2.24, 2.45) is 5.92 Å². The second-order valence-electron chi connectivity index (χ2n) is 2.83. The molecule has 1 heteroatoms. The van der Waals surface area contributed by atoms with Crippen LogP contribution in [0.1, 0.15) is 0 Å². The van der Waals surface area contributed by atoms with Crippen molar-refractivity contribution in [1.29, 1.82) is 0 Å². The van der Waals surface area contributed by atoms with Gasteiger partial charge in [-0.05, 0) is 5.57 Å². The maximum Gasteiger partial charge on any atom is 0.0381 e. The Morgan fingerprint density at radius 2 is 1.91 bits per heavy atom. The van der Waals surface area contributed by atoms with Crippen LogP contribution in [0, 0.1) is 5.92 Å². The fraction of sp³-hybridized carbons (Fsp3) is 0.200. The molecule has 0 amide bonds. The second-order valence-corrected chi connectivity index (χ2v) is 4.10. The molecule has 0 aromatic heterocycles. The molecule has 2 aliphatic rings. The first-order valence-electron chi connectivity index (χ1n) is 3.69. The van der Waals surface area contributed by atoms with Crippen molar-refractivity contribution in [2.75, 3.05) is 0 Å². The number of hydrogen-bond donors (Lipinski definition) is 0. The van der Waals surface area contributed by atoms with E-state index in [2.05, 4.69) is 37.5 Å². The Morgan fingerprint density at radius 1 is 1.18 bits per heavy atom. The third-order valence-electron chi connectivity index (χ3n) is 2.12. The number of hydrogen-bond acceptors (Lipinski definition) is 1. The molecule has 0 nitrogen and oxygen atoms in total. The van der Waals surface area contributed by atoms with Crippen molar-refractivity contribution in [3.05, 3.63) is 47.9 Å². The molecule has 1 heterocycles. The quantitative estimate of drug-likeness (QED) is 0.527. The highest BCUT2D eigenvalue weighted by atomic mass is 32.2. The number of thioether (sulfide) groups is 1. The highest BCUT2D eigenvalue weighted by Crippen LogP contribution is 2.46. The summed E-state index contributed by atoms with van der Waals surface area (Å²) < 4.78 is 0. The maximum absolute atomic E-state index is 4.01. The highest BCUT2D eigenvalue weighted by molar-refractivity contribution is 8.04. The van der Waals surface area contributed by atoms with Crippen molar-refractivity contribution in [3.8, 4) is 0 Å². The molecule has 56 valence electrons. The summed E-state index contributed by atoms with van der Waals surface area (Å²) in [5, 5.41) is 0.569. The Hall–Kier alpha value is -0.690. The molecule has 1 saturated heterocycles. The Bertz CT molecular complexity index is 271. The minimum Gasteiger partial charge on any atom is -0.118 e. The Labute approximate surface area is 71.4 Å². The Kier molecular flexibility index (Phi) is 1.53. The van der Waals surface area contributed by atoms with Gasteiger partial charge in [-0.25, -0.2) is 0 Å².